The highest BCUT2D eigenvalue weighted by Crippen LogP contribution is 2.16. The van der Waals surface area contributed by atoms with Gasteiger partial charge in [0, 0.05) is 38.8 Å². The maximum Gasteiger partial charge on any atom is 0.218 e. The first-order valence-electron chi connectivity index (χ1n) is 5.88. The average Bonchev–Trinajstić information content (AvgIpc) is 2.37. The lowest BCUT2D eigenvalue weighted by atomic mass is 10.3. The molecule has 0 bridgehead atoms. The Labute approximate surface area is 101 Å². The van der Waals surface area contributed by atoms with Gasteiger partial charge in [0.15, 0.2) is 0 Å². The Morgan fingerprint density at radius 2 is 2.06 bits per heavy atom. The normalized spacial score (nSPS) is 17.2. The van der Waals surface area contributed by atoms with Gasteiger partial charge in [-0.1, -0.05) is 0 Å². The maximum absolute atomic E-state index is 5.39. The van der Waals surface area contributed by atoms with E-state index in [9.17, 15) is 0 Å². The highest BCUT2D eigenvalue weighted by atomic mass is 16.5. The molecule has 0 aromatic carbocycles. The number of piperazine rings is 1. The van der Waals surface area contributed by atoms with Crippen LogP contribution < -0.4 is 15.4 Å². The fraction of sp³-hybridized carbons (Fsp3) is 0.636. The minimum Gasteiger partial charge on any atom is -0.476 e. The highest BCUT2D eigenvalue weighted by Gasteiger charge is 2.15. The lowest BCUT2D eigenvalue weighted by molar-refractivity contribution is 0.308. The molecule has 94 valence electrons. The van der Waals surface area contributed by atoms with Crippen molar-refractivity contribution in [1.82, 2.24) is 14.9 Å². The molecule has 6 nitrogen and oxygen atoms in total. The van der Waals surface area contributed by atoms with Crippen molar-refractivity contribution < 1.29 is 4.74 Å². The van der Waals surface area contributed by atoms with Crippen LogP contribution in [-0.2, 0) is 0 Å². The first-order chi connectivity index (χ1) is 8.29. The maximum atomic E-state index is 5.39. The third kappa shape index (κ3) is 3.28. The monoisotopic (exact) mass is 237 g/mol. The van der Waals surface area contributed by atoms with Gasteiger partial charge in [0.05, 0.1) is 0 Å². The van der Waals surface area contributed by atoms with E-state index in [2.05, 4.69) is 26.8 Å². The second kappa shape index (κ2) is 5.79. The molecule has 0 saturated carbocycles. The molecule has 0 spiro atoms. The van der Waals surface area contributed by atoms with Crippen LogP contribution in [0, 0.1) is 0 Å². The van der Waals surface area contributed by atoms with Gasteiger partial charge in [0.2, 0.25) is 5.88 Å². The third-order valence-corrected chi connectivity index (χ3v) is 2.82. The molecule has 0 radical (unpaired) electrons. The van der Waals surface area contributed by atoms with E-state index >= 15 is 0 Å². The van der Waals surface area contributed by atoms with Crippen LogP contribution in [0.2, 0.25) is 0 Å². The molecule has 1 saturated heterocycles. The summed E-state index contributed by atoms with van der Waals surface area (Å²) in [5.74, 6) is 1.53. The van der Waals surface area contributed by atoms with Crippen LogP contribution in [0.25, 0.3) is 0 Å². The summed E-state index contributed by atoms with van der Waals surface area (Å²) in [6.45, 7) is 5.08. The molecule has 1 aromatic heterocycles. The number of aromatic nitrogens is 2. The number of nitrogens with two attached hydrogens (primary N) is 1. The van der Waals surface area contributed by atoms with Crippen LogP contribution in [0.4, 0.5) is 5.82 Å². The fourth-order valence-corrected chi connectivity index (χ4v) is 1.78. The summed E-state index contributed by atoms with van der Waals surface area (Å²) in [5.41, 5.74) is 5.39. The minimum atomic E-state index is 0.485. The van der Waals surface area contributed by atoms with Crippen LogP contribution in [0.5, 0.6) is 5.88 Å². The quantitative estimate of drug-likeness (QED) is 0.766. The molecule has 2 rings (SSSR count). The first kappa shape index (κ1) is 12.1. The Bertz CT molecular complexity index is 351. The number of nitrogens with zero attached hydrogens (tertiary/aromatic N) is 4. The van der Waals surface area contributed by atoms with Crippen molar-refractivity contribution >= 4 is 5.82 Å². The van der Waals surface area contributed by atoms with Crippen molar-refractivity contribution in [3.8, 4) is 5.88 Å². The van der Waals surface area contributed by atoms with Crippen molar-refractivity contribution in [2.24, 2.45) is 5.73 Å². The largest absolute Gasteiger partial charge is 0.476 e. The summed E-state index contributed by atoms with van der Waals surface area (Å²) in [6.07, 6.45) is 1.54. The second-order valence-corrected chi connectivity index (χ2v) is 4.14. The Morgan fingerprint density at radius 3 is 2.76 bits per heavy atom. The Balaban J connectivity index is 2.00. The van der Waals surface area contributed by atoms with E-state index in [1.54, 1.807) is 6.33 Å². The number of anilines is 1. The molecular formula is C11H19N5O. The van der Waals surface area contributed by atoms with Gasteiger partial charge in [0.1, 0.15) is 18.8 Å². The lowest BCUT2D eigenvalue weighted by Gasteiger charge is -2.33. The van der Waals surface area contributed by atoms with Crippen molar-refractivity contribution in [3.63, 3.8) is 0 Å². The van der Waals surface area contributed by atoms with E-state index in [1.807, 2.05) is 6.07 Å². The topological polar surface area (TPSA) is 67.5 Å². The molecule has 1 aromatic rings. The predicted molar refractivity (Wildman–Crippen MR) is 66.3 cm³/mol. The predicted octanol–water partition coefficient (Wildman–Crippen LogP) is -0.434. The molecular weight excluding hydrogens is 218 g/mol. The highest BCUT2D eigenvalue weighted by molar-refractivity contribution is 5.41. The molecule has 1 aliphatic heterocycles. The van der Waals surface area contributed by atoms with Crippen LogP contribution in [0.1, 0.15) is 0 Å². The molecule has 6 heteroatoms. The standard InChI is InChI=1S/C11H19N5O/c1-15-3-5-16(6-4-15)10-8-11(14-9-13-10)17-7-2-12/h8-9H,2-7,12H2,1H3. The number of rotatable bonds is 4. The van der Waals surface area contributed by atoms with E-state index in [0.717, 1.165) is 32.0 Å². The molecule has 0 aliphatic carbocycles. The fourth-order valence-electron chi connectivity index (χ4n) is 1.78. The number of hydrogen-bond acceptors (Lipinski definition) is 6. The molecule has 0 atom stereocenters. The van der Waals surface area contributed by atoms with E-state index in [4.69, 9.17) is 10.5 Å². The summed E-state index contributed by atoms with van der Waals surface area (Å²) in [6, 6.07) is 1.88. The summed E-state index contributed by atoms with van der Waals surface area (Å²) < 4.78 is 5.39. The van der Waals surface area contributed by atoms with Crippen LogP contribution in [0.3, 0.4) is 0 Å². The van der Waals surface area contributed by atoms with Gasteiger partial charge in [-0.25, -0.2) is 9.97 Å². The van der Waals surface area contributed by atoms with Crippen LogP contribution in [0.15, 0.2) is 12.4 Å². The number of hydrogen-bond donors (Lipinski definition) is 1. The van der Waals surface area contributed by atoms with Gasteiger partial charge >= 0.3 is 0 Å². The molecule has 0 amide bonds. The van der Waals surface area contributed by atoms with Gasteiger partial charge in [0.25, 0.3) is 0 Å². The zero-order chi connectivity index (χ0) is 12.1. The van der Waals surface area contributed by atoms with Gasteiger partial charge in [-0.2, -0.15) is 0 Å². The van der Waals surface area contributed by atoms with Crippen LogP contribution >= 0.6 is 0 Å². The van der Waals surface area contributed by atoms with E-state index < -0.39 is 0 Å². The van der Waals surface area contributed by atoms with Gasteiger partial charge < -0.3 is 20.3 Å². The van der Waals surface area contributed by atoms with Crippen molar-refractivity contribution in [2.45, 2.75) is 0 Å². The third-order valence-electron chi connectivity index (χ3n) is 2.82. The summed E-state index contributed by atoms with van der Waals surface area (Å²) >= 11 is 0. The molecule has 1 fully saturated rings. The molecule has 0 unspecified atom stereocenters. The summed E-state index contributed by atoms with van der Waals surface area (Å²) in [5, 5.41) is 0. The van der Waals surface area contributed by atoms with Gasteiger partial charge in [-0.05, 0) is 7.05 Å². The summed E-state index contributed by atoms with van der Waals surface area (Å²) in [7, 11) is 2.13. The number of ether oxygens (including phenoxy) is 1. The van der Waals surface area contributed by atoms with Crippen molar-refractivity contribution in [1.29, 1.82) is 0 Å². The molecule has 17 heavy (non-hydrogen) atoms. The summed E-state index contributed by atoms with van der Waals surface area (Å²) in [4.78, 5) is 12.9. The zero-order valence-corrected chi connectivity index (χ0v) is 10.2. The Hall–Kier alpha value is -1.40. The zero-order valence-electron chi connectivity index (χ0n) is 10.2. The van der Waals surface area contributed by atoms with Crippen molar-refractivity contribution in [3.05, 3.63) is 12.4 Å². The molecule has 2 heterocycles. The Morgan fingerprint density at radius 1 is 1.29 bits per heavy atom. The van der Waals surface area contributed by atoms with E-state index in [-0.39, 0.29) is 0 Å². The van der Waals surface area contributed by atoms with Crippen molar-refractivity contribution in [2.75, 3.05) is 51.3 Å². The van der Waals surface area contributed by atoms with E-state index in [1.165, 1.54) is 0 Å². The smallest absolute Gasteiger partial charge is 0.218 e. The number of likely N-dealkylation sites (N-methyl/N-ethyl adjacent to an activating group) is 1. The average molecular weight is 237 g/mol. The van der Waals surface area contributed by atoms with Gasteiger partial charge in [-0.15, -0.1) is 0 Å². The second-order valence-electron chi connectivity index (χ2n) is 4.14. The first-order valence-corrected chi connectivity index (χ1v) is 5.88. The minimum absolute atomic E-state index is 0.485. The van der Waals surface area contributed by atoms with Gasteiger partial charge in [-0.3, -0.25) is 0 Å². The molecule has 2 N–H and O–H groups in total. The molecule has 1 aliphatic rings. The van der Waals surface area contributed by atoms with Crippen LogP contribution in [-0.4, -0.2) is 61.2 Å². The Kier molecular flexibility index (Phi) is 4.11. The van der Waals surface area contributed by atoms with E-state index in [0.29, 0.717) is 19.0 Å². The SMILES string of the molecule is CN1CCN(c2cc(OCCN)ncn2)CC1. The lowest BCUT2D eigenvalue weighted by Crippen LogP contribution is -2.44.